The Morgan fingerprint density at radius 3 is 2.52 bits per heavy atom. The zero-order valence-electron chi connectivity index (χ0n) is 17.6. The van der Waals surface area contributed by atoms with E-state index in [9.17, 15) is 5.11 Å². The molecule has 2 aromatic rings. The largest absolute Gasteiger partial charge is 0.491 e. The number of ether oxygens (including phenoxy) is 1. The van der Waals surface area contributed by atoms with Crippen molar-refractivity contribution in [3.05, 3.63) is 45.9 Å². The predicted octanol–water partition coefficient (Wildman–Crippen LogP) is 3.94. The maximum atomic E-state index is 10.4. The van der Waals surface area contributed by atoms with Gasteiger partial charge in [0.2, 0.25) is 0 Å². The fourth-order valence-electron chi connectivity index (χ4n) is 2.60. The molecule has 1 aromatic heterocycles. The Hall–Kier alpha value is -1.39. The van der Waals surface area contributed by atoms with Crippen LogP contribution in [0.5, 0.6) is 5.75 Å². The molecule has 8 heteroatoms. The average Bonchev–Trinajstić information content (AvgIpc) is 3.14. The Morgan fingerprint density at radius 1 is 1.21 bits per heavy atom. The van der Waals surface area contributed by atoms with Crippen LogP contribution in [0.25, 0.3) is 0 Å². The molecule has 6 nitrogen and oxygen atoms in total. The first-order valence-electron chi connectivity index (χ1n) is 9.91. The molecule has 29 heavy (non-hydrogen) atoms. The lowest BCUT2D eigenvalue weighted by Gasteiger charge is -2.14. The van der Waals surface area contributed by atoms with Gasteiger partial charge in [-0.2, -0.15) is 0 Å². The number of nitrogens with one attached hydrogen (secondary N) is 2. The van der Waals surface area contributed by atoms with Gasteiger partial charge >= 0.3 is 0 Å². The maximum Gasteiger partial charge on any atom is 0.191 e. The van der Waals surface area contributed by atoms with Gasteiger partial charge in [0.05, 0.1) is 29.5 Å². The van der Waals surface area contributed by atoms with Crippen molar-refractivity contribution in [3.8, 4) is 5.75 Å². The molecule has 0 radical (unpaired) electrons. The van der Waals surface area contributed by atoms with E-state index in [1.165, 1.54) is 5.01 Å². The molecule has 0 spiro atoms. The zero-order chi connectivity index (χ0) is 20.4. The van der Waals surface area contributed by atoms with Gasteiger partial charge in [0.15, 0.2) is 5.96 Å². The molecular weight excluding hydrogens is 499 g/mol. The van der Waals surface area contributed by atoms with Gasteiger partial charge < -0.3 is 20.5 Å². The van der Waals surface area contributed by atoms with Gasteiger partial charge in [-0.05, 0) is 44.9 Å². The Kier molecular flexibility index (Phi) is 12.2. The molecule has 0 aliphatic carbocycles. The van der Waals surface area contributed by atoms with Crippen LogP contribution in [0.15, 0.2) is 34.6 Å². The fourth-order valence-corrected chi connectivity index (χ4v) is 3.38. The van der Waals surface area contributed by atoms with E-state index in [-0.39, 0.29) is 36.6 Å². The molecule has 2 rings (SSSR count). The number of aryl methyl sites for hydroxylation is 1. The van der Waals surface area contributed by atoms with Crippen LogP contribution in [-0.2, 0) is 12.8 Å². The topological polar surface area (TPSA) is 78.8 Å². The highest BCUT2D eigenvalue weighted by atomic mass is 127. The molecule has 0 aliphatic rings. The number of nitrogens with zero attached hydrogens (tertiary/aromatic N) is 2. The number of guanidine groups is 1. The lowest BCUT2D eigenvalue weighted by Crippen LogP contribution is -2.38. The number of aliphatic imine (C=N–C) groups is 1. The van der Waals surface area contributed by atoms with Crippen molar-refractivity contribution in [1.29, 1.82) is 0 Å². The smallest absolute Gasteiger partial charge is 0.191 e. The van der Waals surface area contributed by atoms with Gasteiger partial charge in [0.1, 0.15) is 5.75 Å². The number of aromatic nitrogens is 1. The normalized spacial score (nSPS) is 12.4. The first-order valence-corrected chi connectivity index (χ1v) is 10.8. The fraction of sp³-hybridized carbons (Fsp3) is 0.524. The highest BCUT2D eigenvalue weighted by Crippen LogP contribution is 2.19. The Balaban J connectivity index is 0.00000420. The highest BCUT2D eigenvalue weighted by Gasteiger charge is 2.09. The number of halogens is 1. The summed E-state index contributed by atoms with van der Waals surface area (Å²) in [5.74, 6) is 1.50. The van der Waals surface area contributed by atoms with E-state index in [0.717, 1.165) is 42.9 Å². The summed E-state index contributed by atoms with van der Waals surface area (Å²) in [6.07, 6.45) is 1.30. The summed E-state index contributed by atoms with van der Waals surface area (Å²) in [6.45, 7) is 9.92. The van der Waals surface area contributed by atoms with E-state index in [2.05, 4.69) is 32.9 Å². The summed E-state index contributed by atoms with van der Waals surface area (Å²) in [5, 5.41) is 20.2. The number of benzene rings is 1. The van der Waals surface area contributed by atoms with Gasteiger partial charge in [-0.1, -0.05) is 19.1 Å². The summed E-state index contributed by atoms with van der Waals surface area (Å²) in [5.41, 5.74) is 1.93. The molecule has 0 fully saturated rings. The molecule has 0 saturated heterocycles. The van der Waals surface area contributed by atoms with Crippen molar-refractivity contribution in [3.63, 3.8) is 0 Å². The van der Waals surface area contributed by atoms with Crippen LogP contribution >= 0.6 is 35.3 Å². The van der Waals surface area contributed by atoms with Crippen LogP contribution in [0.2, 0.25) is 0 Å². The Morgan fingerprint density at radius 2 is 1.93 bits per heavy atom. The number of aliphatic hydroxyl groups excluding tert-OH is 1. The highest BCUT2D eigenvalue weighted by molar-refractivity contribution is 14.0. The quantitative estimate of drug-likeness (QED) is 0.246. The van der Waals surface area contributed by atoms with E-state index in [1.807, 2.05) is 45.0 Å². The van der Waals surface area contributed by atoms with E-state index in [4.69, 9.17) is 4.74 Å². The Bertz CT molecular complexity index is 735. The van der Waals surface area contributed by atoms with Crippen LogP contribution in [0.1, 0.15) is 50.1 Å². The SMILES string of the molecule is CCNC(=NCC(O)c1ccc(OC(C)C)cc1)NCCc1csc(CC)n1.I. The lowest BCUT2D eigenvalue weighted by atomic mass is 10.1. The van der Waals surface area contributed by atoms with Crippen molar-refractivity contribution in [2.75, 3.05) is 19.6 Å². The number of hydrogen-bond donors (Lipinski definition) is 3. The summed E-state index contributed by atoms with van der Waals surface area (Å²) < 4.78 is 5.63. The average molecular weight is 532 g/mol. The lowest BCUT2D eigenvalue weighted by molar-refractivity contribution is 0.186. The number of hydrogen-bond acceptors (Lipinski definition) is 5. The molecule has 0 aliphatic heterocycles. The molecule has 1 unspecified atom stereocenters. The minimum absolute atomic E-state index is 0. The number of thiazole rings is 1. The summed E-state index contributed by atoms with van der Waals surface area (Å²) >= 11 is 1.71. The summed E-state index contributed by atoms with van der Waals surface area (Å²) in [6, 6.07) is 7.52. The van der Waals surface area contributed by atoms with Crippen LogP contribution in [0.4, 0.5) is 0 Å². The first kappa shape index (κ1) is 25.6. The van der Waals surface area contributed by atoms with Crippen LogP contribution < -0.4 is 15.4 Å². The van der Waals surface area contributed by atoms with Gasteiger partial charge in [0.25, 0.3) is 0 Å². The zero-order valence-corrected chi connectivity index (χ0v) is 20.8. The molecule has 1 atom stereocenters. The minimum Gasteiger partial charge on any atom is -0.491 e. The van der Waals surface area contributed by atoms with Crippen molar-refractivity contribution < 1.29 is 9.84 Å². The van der Waals surface area contributed by atoms with Crippen LogP contribution in [0.3, 0.4) is 0 Å². The van der Waals surface area contributed by atoms with Gasteiger partial charge in [-0.25, -0.2) is 4.98 Å². The molecule has 0 bridgehead atoms. The van der Waals surface area contributed by atoms with E-state index < -0.39 is 6.10 Å². The standard InChI is InChI=1S/C21H32N4O2S.HI/c1-5-20-25-17(14-28-20)11-12-23-21(22-6-2)24-13-19(26)16-7-9-18(10-8-16)27-15(3)4;/h7-10,14-15,19,26H,5-6,11-13H2,1-4H3,(H2,22,23,24);1H. The van der Waals surface area contributed by atoms with Crippen LogP contribution in [0, 0.1) is 0 Å². The van der Waals surface area contributed by atoms with Crippen LogP contribution in [-0.4, -0.2) is 41.8 Å². The van der Waals surface area contributed by atoms with E-state index in [0.29, 0.717) is 5.96 Å². The number of rotatable bonds is 10. The Labute approximate surface area is 195 Å². The predicted molar refractivity (Wildman–Crippen MR) is 132 cm³/mol. The molecule has 0 amide bonds. The third kappa shape index (κ3) is 9.31. The minimum atomic E-state index is -0.658. The van der Waals surface area contributed by atoms with Crippen molar-refractivity contribution in [2.24, 2.45) is 4.99 Å². The second-order valence-electron chi connectivity index (χ2n) is 6.73. The molecule has 1 heterocycles. The summed E-state index contributed by atoms with van der Waals surface area (Å²) in [4.78, 5) is 9.09. The molecule has 3 N–H and O–H groups in total. The van der Waals surface area contributed by atoms with Gasteiger partial charge in [0, 0.05) is 24.9 Å². The van der Waals surface area contributed by atoms with Crippen molar-refractivity contribution in [2.45, 2.75) is 52.7 Å². The maximum absolute atomic E-state index is 10.4. The monoisotopic (exact) mass is 532 g/mol. The first-order chi connectivity index (χ1) is 13.5. The third-order valence-electron chi connectivity index (χ3n) is 3.98. The molecule has 1 aromatic carbocycles. The second kappa shape index (κ2) is 13.8. The van der Waals surface area contributed by atoms with Gasteiger partial charge in [-0.15, -0.1) is 35.3 Å². The number of aliphatic hydroxyl groups is 1. The van der Waals surface area contributed by atoms with Crippen molar-refractivity contribution in [1.82, 2.24) is 15.6 Å². The van der Waals surface area contributed by atoms with E-state index in [1.54, 1.807) is 11.3 Å². The van der Waals surface area contributed by atoms with Crippen molar-refractivity contribution >= 4 is 41.3 Å². The molecular formula is C21H33IN4O2S. The summed E-state index contributed by atoms with van der Waals surface area (Å²) in [7, 11) is 0. The van der Waals surface area contributed by atoms with Gasteiger partial charge in [-0.3, -0.25) is 4.99 Å². The third-order valence-corrected chi connectivity index (χ3v) is 5.02. The van der Waals surface area contributed by atoms with E-state index >= 15 is 0 Å². The second-order valence-corrected chi connectivity index (χ2v) is 7.68. The molecule has 0 saturated carbocycles. The molecule has 162 valence electrons.